The van der Waals surface area contributed by atoms with Gasteiger partial charge in [0.15, 0.2) is 9.84 Å². The maximum Gasteiger partial charge on any atom is 0.416 e. The molecule has 1 fully saturated rings. The minimum atomic E-state index is -4.74. The molecule has 0 radical (unpaired) electrons. The van der Waals surface area contributed by atoms with E-state index in [2.05, 4.69) is 20.9 Å². The molecular weight excluding hydrogens is 567 g/mol. The summed E-state index contributed by atoms with van der Waals surface area (Å²) in [6.07, 6.45) is -3.33. The van der Waals surface area contributed by atoms with Crippen molar-refractivity contribution in [3.8, 4) is 11.5 Å². The van der Waals surface area contributed by atoms with Gasteiger partial charge in [-0.05, 0) is 48.5 Å². The maximum absolute atomic E-state index is 13.4. The van der Waals surface area contributed by atoms with Crippen molar-refractivity contribution in [2.24, 2.45) is 0 Å². The van der Waals surface area contributed by atoms with Crippen LogP contribution in [0.3, 0.4) is 0 Å². The second-order valence-corrected chi connectivity index (χ2v) is 11.2. The molecule has 1 aliphatic heterocycles. The van der Waals surface area contributed by atoms with Crippen LogP contribution < -0.4 is 20.7 Å². The highest BCUT2D eigenvalue weighted by molar-refractivity contribution is 7.91. The molecule has 1 saturated heterocycles. The summed E-state index contributed by atoms with van der Waals surface area (Å²) in [5.74, 6) is -0.932. The van der Waals surface area contributed by atoms with Gasteiger partial charge in [0.05, 0.1) is 28.3 Å². The predicted molar refractivity (Wildman–Crippen MR) is 143 cm³/mol. The number of hydrogen-bond acceptors (Lipinski definition) is 7. The van der Waals surface area contributed by atoms with Crippen LogP contribution in [0.1, 0.15) is 26.4 Å². The summed E-state index contributed by atoms with van der Waals surface area (Å²) in [4.78, 5) is 42.6. The van der Waals surface area contributed by atoms with Gasteiger partial charge in [-0.3, -0.25) is 14.6 Å². The Kier molecular flexibility index (Phi) is 8.47. The topological polar surface area (TPSA) is 147 Å². The van der Waals surface area contributed by atoms with E-state index in [9.17, 15) is 36.0 Å². The lowest BCUT2D eigenvalue weighted by molar-refractivity contribution is -0.137. The van der Waals surface area contributed by atoms with Crippen LogP contribution in [0.5, 0.6) is 11.5 Å². The smallest absolute Gasteiger partial charge is 0.416 e. The first-order chi connectivity index (χ1) is 19.3. The van der Waals surface area contributed by atoms with Gasteiger partial charge < -0.3 is 25.6 Å². The van der Waals surface area contributed by atoms with E-state index in [0.29, 0.717) is 17.6 Å². The van der Waals surface area contributed by atoms with Gasteiger partial charge in [0.1, 0.15) is 17.2 Å². The number of alkyl halides is 3. The lowest BCUT2D eigenvalue weighted by Gasteiger charge is -2.27. The highest BCUT2D eigenvalue weighted by Crippen LogP contribution is 2.33. The summed E-state index contributed by atoms with van der Waals surface area (Å²) < 4.78 is 69.2. The number of amides is 4. The van der Waals surface area contributed by atoms with Crippen molar-refractivity contribution in [1.29, 1.82) is 0 Å². The third kappa shape index (κ3) is 7.51. The van der Waals surface area contributed by atoms with Crippen molar-refractivity contribution in [3.63, 3.8) is 0 Å². The summed E-state index contributed by atoms with van der Waals surface area (Å²) in [5, 5.41) is 7.22. The van der Waals surface area contributed by atoms with Crippen molar-refractivity contribution in [3.05, 3.63) is 77.6 Å². The number of benzene rings is 2. The number of aromatic nitrogens is 1. The van der Waals surface area contributed by atoms with E-state index < -0.39 is 39.4 Å². The molecule has 4 rings (SSSR count). The zero-order valence-corrected chi connectivity index (χ0v) is 22.3. The molecule has 41 heavy (non-hydrogen) atoms. The second kappa shape index (κ2) is 11.8. The van der Waals surface area contributed by atoms with Crippen LogP contribution in [-0.4, -0.2) is 67.8 Å². The average Bonchev–Trinajstić information content (AvgIpc) is 2.93. The SMILES string of the molecule is CNC(=O)c1cc(Oc2ccc(NC(=O)Nc3cc(C(F)(F)F)ccc3C(=O)N3CCS(=O)(=O)CC3)cc2)ccn1. The Bertz CT molecular complexity index is 1570. The number of urea groups is 1. The second-order valence-electron chi connectivity index (χ2n) is 8.86. The van der Waals surface area contributed by atoms with Crippen LogP contribution in [0.4, 0.5) is 29.3 Å². The van der Waals surface area contributed by atoms with Crippen LogP contribution in [0.15, 0.2) is 60.8 Å². The van der Waals surface area contributed by atoms with Crippen LogP contribution in [0, 0.1) is 0 Å². The highest BCUT2D eigenvalue weighted by atomic mass is 32.2. The van der Waals surface area contributed by atoms with E-state index in [1.165, 1.54) is 48.5 Å². The average molecular weight is 592 g/mol. The Morgan fingerprint density at radius 2 is 1.61 bits per heavy atom. The molecule has 2 heterocycles. The van der Waals surface area contributed by atoms with Gasteiger partial charge in [-0.15, -0.1) is 0 Å². The number of carbonyl (C=O) groups is 3. The number of halogens is 3. The van der Waals surface area contributed by atoms with Gasteiger partial charge in [-0.2, -0.15) is 13.2 Å². The number of anilines is 2. The summed E-state index contributed by atoms with van der Waals surface area (Å²) in [6.45, 7) is -0.232. The Morgan fingerprint density at radius 3 is 2.24 bits per heavy atom. The summed E-state index contributed by atoms with van der Waals surface area (Å²) in [7, 11) is -1.83. The molecule has 0 spiro atoms. The third-order valence-corrected chi connectivity index (χ3v) is 7.61. The number of pyridine rings is 1. The number of hydrogen-bond donors (Lipinski definition) is 3. The molecule has 3 N–H and O–H groups in total. The van der Waals surface area contributed by atoms with Crippen LogP contribution in [0.25, 0.3) is 0 Å². The number of carbonyl (C=O) groups excluding carboxylic acids is 3. The van der Waals surface area contributed by atoms with Crippen LogP contribution in [0.2, 0.25) is 0 Å². The number of rotatable bonds is 6. The largest absolute Gasteiger partial charge is 0.457 e. The highest BCUT2D eigenvalue weighted by Gasteiger charge is 2.33. The zero-order chi connectivity index (χ0) is 29.8. The first kappa shape index (κ1) is 29.3. The van der Waals surface area contributed by atoms with E-state index in [4.69, 9.17) is 4.74 Å². The molecule has 1 aliphatic rings. The first-order valence-electron chi connectivity index (χ1n) is 12.1. The van der Waals surface area contributed by atoms with E-state index in [1.807, 2.05) is 0 Å². The molecule has 216 valence electrons. The first-order valence-corrected chi connectivity index (χ1v) is 13.9. The molecular formula is C26H24F3N5O6S. The van der Waals surface area contributed by atoms with Crippen molar-refractivity contribution >= 4 is 39.1 Å². The van der Waals surface area contributed by atoms with Crippen LogP contribution in [-0.2, 0) is 16.0 Å². The third-order valence-electron chi connectivity index (χ3n) is 6.00. The minimum Gasteiger partial charge on any atom is -0.457 e. The summed E-state index contributed by atoms with van der Waals surface area (Å²) >= 11 is 0. The quantitative estimate of drug-likeness (QED) is 0.396. The van der Waals surface area contributed by atoms with Crippen LogP contribution >= 0.6 is 0 Å². The minimum absolute atomic E-state index is 0.116. The van der Waals surface area contributed by atoms with Crippen molar-refractivity contribution in [2.45, 2.75) is 6.18 Å². The van der Waals surface area contributed by atoms with E-state index >= 15 is 0 Å². The Labute approximate surface area is 232 Å². The number of nitrogens with one attached hydrogen (secondary N) is 3. The summed E-state index contributed by atoms with van der Waals surface area (Å²) in [6, 6.07) is 10.4. The van der Waals surface area contributed by atoms with Gasteiger partial charge in [-0.1, -0.05) is 0 Å². The Balaban J connectivity index is 1.47. The Hall–Kier alpha value is -4.66. The molecule has 0 saturated carbocycles. The molecule has 0 atom stereocenters. The molecule has 1 aromatic heterocycles. The Morgan fingerprint density at radius 1 is 0.927 bits per heavy atom. The molecule has 11 nitrogen and oxygen atoms in total. The summed E-state index contributed by atoms with van der Waals surface area (Å²) in [5.41, 5.74) is -1.28. The fourth-order valence-corrected chi connectivity index (χ4v) is 5.05. The van der Waals surface area contributed by atoms with Crippen molar-refractivity contribution in [1.82, 2.24) is 15.2 Å². The maximum atomic E-state index is 13.4. The van der Waals surface area contributed by atoms with Gasteiger partial charge in [-0.25, -0.2) is 13.2 Å². The number of nitrogens with zero attached hydrogens (tertiary/aromatic N) is 2. The molecule has 0 unspecified atom stereocenters. The molecule has 3 aromatic rings. The van der Waals surface area contributed by atoms with Crippen molar-refractivity contribution < 1.29 is 40.7 Å². The lowest BCUT2D eigenvalue weighted by Crippen LogP contribution is -2.44. The molecule has 4 amide bonds. The van der Waals surface area contributed by atoms with E-state index in [1.54, 1.807) is 6.07 Å². The molecule has 15 heteroatoms. The van der Waals surface area contributed by atoms with Crippen molar-refractivity contribution in [2.75, 3.05) is 42.3 Å². The lowest BCUT2D eigenvalue weighted by atomic mass is 10.1. The van der Waals surface area contributed by atoms with E-state index in [-0.39, 0.29) is 47.2 Å². The molecule has 0 bridgehead atoms. The standard InChI is InChI=1S/C26H24F3N5O6S/c1-30-23(35)22-15-19(8-9-31-22)40-18-5-3-17(4-6-18)32-25(37)33-21-14-16(26(27,28)29)2-7-20(21)24(36)34-10-12-41(38,39)13-11-34/h2-9,14-15H,10-13H2,1H3,(H,30,35)(H2,32,33,37). The predicted octanol–water partition coefficient (Wildman–Crippen LogP) is 3.77. The van der Waals surface area contributed by atoms with E-state index in [0.717, 1.165) is 12.1 Å². The molecule has 0 aliphatic carbocycles. The monoisotopic (exact) mass is 591 g/mol. The fraction of sp³-hybridized carbons (Fsp3) is 0.231. The fourth-order valence-electron chi connectivity index (χ4n) is 3.85. The van der Waals surface area contributed by atoms with Gasteiger partial charge >= 0.3 is 12.2 Å². The van der Waals surface area contributed by atoms with Gasteiger partial charge in [0, 0.05) is 38.1 Å². The zero-order valence-electron chi connectivity index (χ0n) is 21.5. The molecule has 2 aromatic carbocycles. The number of sulfone groups is 1. The normalized spacial score (nSPS) is 14.6. The van der Waals surface area contributed by atoms with Gasteiger partial charge in [0.2, 0.25) is 0 Å². The number of ether oxygens (including phenoxy) is 1. The van der Waals surface area contributed by atoms with Gasteiger partial charge in [0.25, 0.3) is 11.8 Å².